The number of hydrogen-bond donors (Lipinski definition) is 2. The molecule has 0 saturated heterocycles. The molecule has 0 aromatic carbocycles. The van der Waals surface area contributed by atoms with Gasteiger partial charge < -0.3 is 23.8 Å². The molecule has 2 N–H and O–H groups in total. The van der Waals surface area contributed by atoms with Crippen LogP contribution >= 0.6 is 0 Å². The summed E-state index contributed by atoms with van der Waals surface area (Å²) in [7, 11) is -3.21. The molecule has 0 unspecified atom stereocenters. The zero-order valence-corrected chi connectivity index (χ0v) is 21.7. The molecule has 0 aromatic heterocycles. The number of ether oxygens (including phenoxy) is 1. The van der Waals surface area contributed by atoms with Gasteiger partial charge in [0.2, 0.25) is 0 Å². The highest BCUT2D eigenvalue weighted by Gasteiger charge is 2.55. The van der Waals surface area contributed by atoms with Gasteiger partial charge in [-0.2, -0.15) is 0 Å². The first-order valence-corrected chi connectivity index (χ1v) is 15.9. The van der Waals surface area contributed by atoms with Gasteiger partial charge in [0.1, 0.15) is 6.10 Å². The number of hydrogen-bond acceptors (Lipinski definition) is 6. The van der Waals surface area contributed by atoms with Gasteiger partial charge >= 0.3 is 5.97 Å². The Kier molecular flexibility index (Phi) is 7.47. The van der Waals surface area contributed by atoms with Gasteiger partial charge in [-0.1, -0.05) is 41.5 Å². The fourth-order valence-corrected chi connectivity index (χ4v) is 5.59. The van der Waals surface area contributed by atoms with Crippen LogP contribution < -0.4 is 0 Å². The topological polar surface area (TPSA) is 85.2 Å². The molecule has 0 heterocycles. The number of carbonyl (C=O) groups excluding carboxylic acids is 1. The van der Waals surface area contributed by atoms with E-state index in [0.717, 1.165) is 0 Å². The summed E-state index contributed by atoms with van der Waals surface area (Å²) in [4.78, 5) is 12.4. The van der Waals surface area contributed by atoms with Crippen LogP contribution in [0.3, 0.4) is 0 Å². The highest BCUT2D eigenvalue weighted by molar-refractivity contribution is 6.74. The van der Waals surface area contributed by atoms with Crippen molar-refractivity contribution in [1.82, 2.24) is 0 Å². The number of esters is 1. The minimum atomic E-state index is -2.23. The Labute approximate surface area is 173 Å². The molecule has 0 bridgehead atoms. The van der Waals surface area contributed by atoms with Gasteiger partial charge in [0.25, 0.3) is 0 Å². The van der Waals surface area contributed by atoms with E-state index in [1.165, 1.54) is 7.11 Å². The Balaban J connectivity index is 3.25. The first-order chi connectivity index (χ1) is 12.3. The second-order valence-corrected chi connectivity index (χ2v) is 20.8. The molecule has 1 fully saturated rings. The summed E-state index contributed by atoms with van der Waals surface area (Å²) in [5, 5.41) is 22.1. The number of rotatable bonds is 5. The maximum absolute atomic E-state index is 12.4. The fraction of sp³-hybridized carbons (Fsp3) is 0.950. The van der Waals surface area contributed by atoms with Crippen molar-refractivity contribution in [2.24, 2.45) is 0 Å². The third kappa shape index (κ3) is 5.46. The molecule has 0 aromatic rings. The standard InChI is InChI=1S/C20H42O6Si2/c1-18(2,3)27(8,9)25-14-12-20(23,17(22)24-7)13-15(16(14)21)26-28(10,11)19(4,5)6/h14-16,21,23H,12-13H2,1-11H3/t14-,15-,16-,20+/m1/s1. The average Bonchev–Trinajstić information content (AvgIpc) is 2.48. The second kappa shape index (κ2) is 8.11. The van der Waals surface area contributed by atoms with Crippen molar-refractivity contribution < 1.29 is 28.6 Å². The number of methoxy groups -OCH3 is 1. The van der Waals surface area contributed by atoms with Crippen molar-refractivity contribution in [2.45, 2.75) is 115 Å². The molecule has 8 heteroatoms. The minimum Gasteiger partial charge on any atom is -0.467 e. The Morgan fingerprint density at radius 2 is 1.21 bits per heavy atom. The quantitative estimate of drug-likeness (QED) is 0.505. The molecule has 1 rings (SSSR count). The summed E-state index contributed by atoms with van der Waals surface area (Å²) in [6.07, 6.45) is -2.27. The van der Waals surface area contributed by atoms with E-state index < -0.39 is 46.5 Å². The van der Waals surface area contributed by atoms with E-state index >= 15 is 0 Å². The van der Waals surface area contributed by atoms with E-state index in [0.29, 0.717) is 0 Å². The molecule has 0 spiro atoms. The van der Waals surface area contributed by atoms with Crippen molar-refractivity contribution >= 4 is 22.6 Å². The SMILES string of the molecule is COC(=O)[C@]1(O)C[C@@H](O[Si](C)(C)C(C)(C)C)[C@@H](O)[C@H](O[Si](C)(C)C(C)(C)C)C1. The normalized spacial score (nSPS) is 30.2. The van der Waals surface area contributed by atoms with E-state index in [1.54, 1.807) is 0 Å². The van der Waals surface area contributed by atoms with Crippen LogP contribution in [-0.2, 0) is 18.4 Å². The highest BCUT2D eigenvalue weighted by Crippen LogP contribution is 2.44. The molecule has 28 heavy (non-hydrogen) atoms. The molecular formula is C20H42O6Si2. The third-order valence-corrected chi connectivity index (χ3v) is 15.9. The van der Waals surface area contributed by atoms with Gasteiger partial charge in [0.05, 0.1) is 19.3 Å². The van der Waals surface area contributed by atoms with Crippen molar-refractivity contribution in [3.05, 3.63) is 0 Å². The molecule has 0 aliphatic heterocycles. The zero-order chi connectivity index (χ0) is 22.3. The first kappa shape index (κ1) is 25.8. The van der Waals surface area contributed by atoms with Crippen molar-refractivity contribution in [2.75, 3.05) is 7.11 Å². The molecule has 1 saturated carbocycles. The van der Waals surface area contributed by atoms with E-state index in [9.17, 15) is 15.0 Å². The first-order valence-electron chi connectivity index (χ1n) is 10.1. The summed E-state index contributed by atoms with van der Waals surface area (Å²) in [5.74, 6) is -0.702. The van der Waals surface area contributed by atoms with Crippen LogP contribution in [0.4, 0.5) is 0 Å². The summed E-state index contributed by atoms with van der Waals surface area (Å²) >= 11 is 0. The van der Waals surface area contributed by atoms with Gasteiger partial charge in [0, 0.05) is 12.8 Å². The van der Waals surface area contributed by atoms with E-state index in [1.807, 2.05) is 0 Å². The Bertz CT molecular complexity index is 524. The van der Waals surface area contributed by atoms with Crippen LogP contribution in [0, 0.1) is 0 Å². The number of aliphatic hydroxyl groups is 2. The summed E-state index contributed by atoms with van der Waals surface area (Å²) in [6.45, 7) is 21.1. The number of carbonyl (C=O) groups is 1. The molecule has 6 nitrogen and oxygen atoms in total. The lowest BCUT2D eigenvalue weighted by molar-refractivity contribution is -0.186. The minimum absolute atomic E-state index is 0.00467. The Hall–Kier alpha value is -0.256. The smallest absolute Gasteiger partial charge is 0.338 e. The second-order valence-electron chi connectivity index (χ2n) is 11.3. The Morgan fingerprint density at radius 3 is 1.46 bits per heavy atom. The van der Waals surface area contributed by atoms with Crippen LogP contribution in [0.1, 0.15) is 54.4 Å². The molecule has 0 amide bonds. The van der Waals surface area contributed by atoms with Crippen molar-refractivity contribution in [3.63, 3.8) is 0 Å². The zero-order valence-electron chi connectivity index (χ0n) is 19.7. The molecular weight excluding hydrogens is 392 g/mol. The predicted molar refractivity (Wildman–Crippen MR) is 116 cm³/mol. The summed E-state index contributed by atoms with van der Waals surface area (Å²) in [5.41, 5.74) is -1.73. The summed E-state index contributed by atoms with van der Waals surface area (Å²) in [6, 6.07) is 0. The van der Waals surface area contributed by atoms with Gasteiger partial charge in [-0.05, 0) is 36.3 Å². The van der Waals surface area contributed by atoms with Gasteiger partial charge in [-0.15, -0.1) is 0 Å². The highest BCUT2D eigenvalue weighted by atomic mass is 28.4. The van der Waals surface area contributed by atoms with Crippen molar-refractivity contribution in [3.8, 4) is 0 Å². The van der Waals surface area contributed by atoms with E-state index in [4.69, 9.17) is 13.6 Å². The van der Waals surface area contributed by atoms with Crippen LogP contribution in [0.25, 0.3) is 0 Å². The largest absolute Gasteiger partial charge is 0.467 e. The monoisotopic (exact) mass is 434 g/mol. The maximum atomic E-state index is 12.4. The van der Waals surface area contributed by atoms with Crippen molar-refractivity contribution in [1.29, 1.82) is 0 Å². The Morgan fingerprint density at radius 1 is 0.893 bits per heavy atom. The van der Waals surface area contributed by atoms with Crippen LogP contribution in [0.2, 0.25) is 36.3 Å². The third-order valence-electron chi connectivity index (χ3n) is 6.91. The average molecular weight is 435 g/mol. The lowest BCUT2D eigenvalue weighted by Crippen LogP contribution is -2.62. The van der Waals surface area contributed by atoms with Gasteiger partial charge in [0.15, 0.2) is 22.2 Å². The van der Waals surface area contributed by atoms with E-state index in [2.05, 4.69) is 67.7 Å². The molecule has 0 radical (unpaired) electrons. The number of aliphatic hydroxyl groups excluding tert-OH is 1. The van der Waals surface area contributed by atoms with Crippen LogP contribution in [0.15, 0.2) is 0 Å². The van der Waals surface area contributed by atoms with Gasteiger partial charge in [-0.25, -0.2) is 4.79 Å². The molecule has 2 atom stereocenters. The van der Waals surface area contributed by atoms with Crippen LogP contribution in [0.5, 0.6) is 0 Å². The molecule has 166 valence electrons. The predicted octanol–water partition coefficient (Wildman–Crippen LogP) is 3.83. The van der Waals surface area contributed by atoms with Crippen LogP contribution in [-0.4, -0.2) is 63.8 Å². The maximum Gasteiger partial charge on any atom is 0.338 e. The lowest BCUT2D eigenvalue weighted by Gasteiger charge is -2.49. The van der Waals surface area contributed by atoms with Gasteiger partial charge in [-0.3, -0.25) is 0 Å². The molecule has 1 aliphatic carbocycles. The fourth-order valence-electron chi connectivity index (χ4n) is 2.92. The lowest BCUT2D eigenvalue weighted by atomic mass is 9.80. The summed E-state index contributed by atoms with van der Waals surface area (Å²) < 4.78 is 17.7. The molecule has 1 aliphatic rings. The van der Waals surface area contributed by atoms with E-state index in [-0.39, 0.29) is 22.9 Å².